The van der Waals surface area contributed by atoms with Crippen LogP contribution in [0, 0.1) is 0 Å². The first-order valence-corrected chi connectivity index (χ1v) is 4.83. The van der Waals surface area contributed by atoms with E-state index >= 15 is 0 Å². The summed E-state index contributed by atoms with van der Waals surface area (Å²) < 4.78 is 0. The van der Waals surface area contributed by atoms with Gasteiger partial charge in [0.25, 0.3) is 0 Å². The maximum atomic E-state index is 11.2. The maximum absolute atomic E-state index is 11.2. The molecule has 4 heteroatoms. The molecule has 0 saturated carbocycles. The van der Waals surface area contributed by atoms with Crippen LogP contribution in [0.3, 0.4) is 0 Å². The summed E-state index contributed by atoms with van der Waals surface area (Å²) >= 11 is 0. The standard InChI is InChI=1S/C11H18N2O2/c1-5-9(4)11(15)13-7-6-12-10(14)8(2)3/h5H,2,6-7H2,1,3-4H3,(H,12,14)(H,13,15). The Kier molecular flexibility index (Phi) is 6.09. The Morgan fingerprint density at radius 1 is 1.13 bits per heavy atom. The minimum atomic E-state index is -0.188. The first-order chi connectivity index (χ1) is 6.99. The molecule has 4 nitrogen and oxygen atoms in total. The summed E-state index contributed by atoms with van der Waals surface area (Å²) in [6, 6.07) is 0. The number of amides is 2. The average Bonchev–Trinajstić information content (AvgIpc) is 2.22. The molecule has 0 fully saturated rings. The molecule has 2 amide bonds. The van der Waals surface area contributed by atoms with Crippen molar-refractivity contribution in [3.8, 4) is 0 Å². The van der Waals surface area contributed by atoms with Gasteiger partial charge >= 0.3 is 0 Å². The Labute approximate surface area is 90.4 Å². The number of carbonyl (C=O) groups is 2. The molecule has 0 saturated heterocycles. The molecule has 0 spiro atoms. The molecular weight excluding hydrogens is 192 g/mol. The van der Waals surface area contributed by atoms with Crippen LogP contribution in [0.25, 0.3) is 0 Å². The molecule has 0 rings (SSSR count). The van der Waals surface area contributed by atoms with E-state index in [0.717, 1.165) is 0 Å². The quantitative estimate of drug-likeness (QED) is 0.520. The highest BCUT2D eigenvalue weighted by Crippen LogP contribution is 1.89. The third kappa shape index (κ3) is 5.67. The first-order valence-electron chi connectivity index (χ1n) is 4.83. The number of allylic oxidation sites excluding steroid dienone is 1. The Morgan fingerprint density at radius 2 is 1.60 bits per heavy atom. The van der Waals surface area contributed by atoms with Gasteiger partial charge < -0.3 is 10.6 Å². The summed E-state index contributed by atoms with van der Waals surface area (Å²) in [4.78, 5) is 22.3. The van der Waals surface area contributed by atoms with E-state index in [9.17, 15) is 9.59 Å². The monoisotopic (exact) mass is 210 g/mol. The predicted octanol–water partition coefficient (Wildman–Crippen LogP) is 0.761. The normalized spacial score (nSPS) is 10.7. The second kappa shape index (κ2) is 6.81. The molecule has 2 N–H and O–H groups in total. The van der Waals surface area contributed by atoms with E-state index < -0.39 is 0 Å². The van der Waals surface area contributed by atoms with Gasteiger partial charge in [-0.15, -0.1) is 0 Å². The maximum Gasteiger partial charge on any atom is 0.246 e. The van der Waals surface area contributed by atoms with Gasteiger partial charge in [0.15, 0.2) is 0 Å². The largest absolute Gasteiger partial charge is 0.351 e. The molecule has 0 radical (unpaired) electrons. The highest BCUT2D eigenvalue weighted by Gasteiger charge is 2.02. The van der Waals surface area contributed by atoms with Crippen LogP contribution in [0.5, 0.6) is 0 Å². The number of hydrogen-bond acceptors (Lipinski definition) is 2. The summed E-state index contributed by atoms with van der Waals surface area (Å²) in [5.41, 5.74) is 1.13. The van der Waals surface area contributed by atoms with Crippen LogP contribution in [0.4, 0.5) is 0 Å². The summed E-state index contributed by atoms with van der Waals surface area (Å²) in [6.07, 6.45) is 1.74. The highest BCUT2D eigenvalue weighted by molar-refractivity contribution is 5.93. The molecule has 0 heterocycles. The summed E-state index contributed by atoms with van der Waals surface area (Å²) in [5.74, 6) is -0.297. The van der Waals surface area contributed by atoms with Crippen molar-refractivity contribution in [2.24, 2.45) is 0 Å². The van der Waals surface area contributed by atoms with Crippen LogP contribution in [-0.2, 0) is 9.59 Å². The molecule has 0 aliphatic heterocycles. The Hall–Kier alpha value is -1.58. The SMILES string of the molecule is C=C(C)C(=O)NCCNC(=O)C(C)=CC. The third-order valence-electron chi connectivity index (χ3n) is 1.87. The van der Waals surface area contributed by atoms with E-state index in [1.54, 1.807) is 26.8 Å². The number of nitrogens with one attached hydrogen (secondary N) is 2. The molecule has 0 aliphatic carbocycles. The molecule has 0 unspecified atom stereocenters. The first kappa shape index (κ1) is 13.4. The van der Waals surface area contributed by atoms with Crippen LogP contribution >= 0.6 is 0 Å². The van der Waals surface area contributed by atoms with Crippen LogP contribution in [0.2, 0.25) is 0 Å². The van der Waals surface area contributed by atoms with Gasteiger partial charge in [-0.05, 0) is 20.8 Å². The van der Waals surface area contributed by atoms with Crippen LogP contribution in [0.15, 0.2) is 23.8 Å². The molecular formula is C11H18N2O2. The van der Waals surface area contributed by atoms with E-state index in [2.05, 4.69) is 17.2 Å². The summed E-state index contributed by atoms with van der Waals surface area (Å²) in [5, 5.41) is 5.30. The second-order valence-corrected chi connectivity index (χ2v) is 3.26. The molecule has 0 atom stereocenters. The van der Waals surface area contributed by atoms with E-state index in [4.69, 9.17) is 0 Å². The zero-order valence-electron chi connectivity index (χ0n) is 9.52. The van der Waals surface area contributed by atoms with Crippen molar-refractivity contribution < 1.29 is 9.59 Å². The Balaban J connectivity index is 3.69. The van der Waals surface area contributed by atoms with Crippen molar-refractivity contribution in [3.05, 3.63) is 23.8 Å². The van der Waals surface area contributed by atoms with Crippen molar-refractivity contribution in [1.29, 1.82) is 0 Å². The Bertz CT molecular complexity index is 293. The molecule has 0 bridgehead atoms. The fourth-order valence-corrected chi connectivity index (χ4v) is 0.773. The summed E-state index contributed by atoms with van der Waals surface area (Å²) in [7, 11) is 0. The van der Waals surface area contributed by atoms with E-state index in [0.29, 0.717) is 24.2 Å². The van der Waals surface area contributed by atoms with Crippen molar-refractivity contribution in [1.82, 2.24) is 10.6 Å². The number of rotatable bonds is 5. The van der Waals surface area contributed by atoms with Crippen LogP contribution in [0.1, 0.15) is 20.8 Å². The van der Waals surface area contributed by atoms with Gasteiger partial charge in [0.05, 0.1) is 0 Å². The average molecular weight is 210 g/mol. The highest BCUT2D eigenvalue weighted by atomic mass is 16.2. The summed E-state index contributed by atoms with van der Waals surface area (Å²) in [6.45, 7) is 9.51. The zero-order chi connectivity index (χ0) is 11.8. The minimum absolute atomic E-state index is 0.109. The van der Waals surface area contributed by atoms with E-state index in [-0.39, 0.29) is 11.8 Å². The van der Waals surface area contributed by atoms with Crippen LogP contribution < -0.4 is 10.6 Å². The van der Waals surface area contributed by atoms with Gasteiger partial charge in [-0.3, -0.25) is 9.59 Å². The molecule has 15 heavy (non-hydrogen) atoms. The van der Waals surface area contributed by atoms with Gasteiger partial charge in [-0.2, -0.15) is 0 Å². The van der Waals surface area contributed by atoms with Crippen molar-refractivity contribution in [2.45, 2.75) is 20.8 Å². The van der Waals surface area contributed by atoms with Gasteiger partial charge in [-0.1, -0.05) is 12.7 Å². The van der Waals surface area contributed by atoms with E-state index in [1.807, 2.05) is 0 Å². The van der Waals surface area contributed by atoms with Crippen molar-refractivity contribution in [2.75, 3.05) is 13.1 Å². The van der Waals surface area contributed by atoms with Gasteiger partial charge in [0.2, 0.25) is 11.8 Å². The van der Waals surface area contributed by atoms with Crippen LogP contribution in [-0.4, -0.2) is 24.9 Å². The lowest BCUT2D eigenvalue weighted by molar-refractivity contribution is -0.119. The lowest BCUT2D eigenvalue weighted by atomic mass is 10.3. The Morgan fingerprint density at radius 3 is 2.00 bits per heavy atom. The second-order valence-electron chi connectivity index (χ2n) is 3.26. The molecule has 0 aromatic heterocycles. The molecule has 0 aliphatic rings. The third-order valence-corrected chi connectivity index (χ3v) is 1.87. The van der Waals surface area contributed by atoms with Crippen molar-refractivity contribution in [3.63, 3.8) is 0 Å². The van der Waals surface area contributed by atoms with Crippen molar-refractivity contribution >= 4 is 11.8 Å². The number of carbonyl (C=O) groups excluding carboxylic acids is 2. The lowest BCUT2D eigenvalue weighted by Crippen LogP contribution is -2.35. The number of hydrogen-bond donors (Lipinski definition) is 2. The smallest absolute Gasteiger partial charge is 0.246 e. The zero-order valence-corrected chi connectivity index (χ0v) is 9.52. The van der Waals surface area contributed by atoms with Gasteiger partial charge in [0, 0.05) is 24.2 Å². The topological polar surface area (TPSA) is 58.2 Å². The minimum Gasteiger partial charge on any atom is -0.351 e. The van der Waals surface area contributed by atoms with Gasteiger partial charge in [0.1, 0.15) is 0 Å². The van der Waals surface area contributed by atoms with Gasteiger partial charge in [-0.25, -0.2) is 0 Å². The molecule has 0 aromatic carbocycles. The molecule has 84 valence electrons. The predicted molar refractivity (Wildman–Crippen MR) is 60.3 cm³/mol. The lowest BCUT2D eigenvalue weighted by Gasteiger charge is -2.06. The van der Waals surface area contributed by atoms with E-state index in [1.165, 1.54) is 0 Å². The fraction of sp³-hybridized carbons (Fsp3) is 0.455. The molecule has 0 aromatic rings. The fourth-order valence-electron chi connectivity index (χ4n) is 0.773.